The van der Waals surface area contributed by atoms with Crippen LogP contribution in [0.1, 0.15) is 66.2 Å². The van der Waals surface area contributed by atoms with Crippen molar-refractivity contribution in [1.29, 1.82) is 5.26 Å². The van der Waals surface area contributed by atoms with Gasteiger partial charge in [-0.15, -0.1) is 0 Å². The molecular formula is C28H44N6O3. The predicted molar refractivity (Wildman–Crippen MR) is 141 cm³/mol. The number of hydrogen-bond donors (Lipinski definition) is 3. The Bertz CT molecular complexity index is 946. The molecule has 0 aromatic rings. The highest BCUT2D eigenvalue weighted by Crippen LogP contribution is 2.35. The molecule has 204 valence electrons. The van der Waals surface area contributed by atoms with Gasteiger partial charge in [0.05, 0.1) is 18.2 Å². The van der Waals surface area contributed by atoms with E-state index in [2.05, 4.69) is 46.8 Å². The van der Waals surface area contributed by atoms with E-state index in [0.717, 1.165) is 38.8 Å². The number of hydrogen-bond acceptors (Lipinski definition) is 6. The van der Waals surface area contributed by atoms with Gasteiger partial charge in [-0.05, 0) is 83.8 Å². The molecule has 4 fully saturated rings. The maximum absolute atomic E-state index is 14.4. The summed E-state index contributed by atoms with van der Waals surface area (Å²) >= 11 is 0. The summed E-state index contributed by atoms with van der Waals surface area (Å²) in [6, 6.07) is 0.246. The Hall–Kier alpha value is -2.44. The molecule has 0 aliphatic carbocycles. The first-order chi connectivity index (χ1) is 17.6. The number of nitrogens with zero attached hydrogens (tertiary/aromatic N) is 3. The largest absolute Gasteiger partial charge is 0.354 e. The minimum absolute atomic E-state index is 0.00782. The average Bonchev–Trinajstić information content (AvgIpc) is 3.61. The van der Waals surface area contributed by atoms with Crippen LogP contribution in [-0.4, -0.2) is 84.4 Å². The summed E-state index contributed by atoms with van der Waals surface area (Å²) in [6.45, 7) is 11.4. The fraction of sp³-hybridized carbons (Fsp3) is 0.786. The van der Waals surface area contributed by atoms with E-state index in [-0.39, 0.29) is 35.6 Å². The van der Waals surface area contributed by atoms with E-state index in [1.807, 2.05) is 13.8 Å². The van der Waals surface area contributed by atoms with Gasteiger partial charge in [-0.25, -0.2) is 0 Å². The Morgan fingerprint density at radius 1 is 1.11 bits per heavy atom. The minimum Gasteiger partial charge on any atom is -0.354 e. The van der Waals surface area contributed by atoms with Gasteiger partial charge in [0.15, 0.2) is 0 Å². The van der Waals surface area contributed by atoms with Gasteiger partial charge in [-0.2, -0.15) is 5.26 Å². The zero-order valence-corrected chi connectivity index (χ0v) is 22.9. The zero-order chi connectivity index (χ0) is 26.7. The van der Waals surface area contributed by atoms with Crippen LogP contribution in [-0.2, 0) is 14.4 Å². The van der Waals surface area contributed by atoms with Crippen molar-refractivity contribution < 1.29 is 14.4 Å². The van der Waals surface area contributed by atoms with Gasteiger partial charge in [-0.1, -0.05) is 25.5 Å². The van der Waals surface area contributed by atoms with Crippen molar-refractivity contribution in [2.24, 2.45) is 17.3 Å². The Morgan fingerprint density at radius 3 is 2.51 bits per heavy atom. The number of allylic oxidation sites excluding steroid dienone is 2. The van der Waals surface area contributed by atoms with Crippen LogP contribution in [0, 0.1) is 28.6 Å². The van der Waals surface area contributed by atoms with E-state index in [1.165, 1.54) is 5.57 Å². The lowest BCUT2D eigenvalue weighted by Crippen LogP contribution is -2.61. The third kappa shape index (κ3) is 6.18. The van der Waals surface area contributed by atoms with Gasteiger partial charge < -0.3 is 20.9 Å². The predicted octanol–water partition coefficient (Wildman–Crippen LogP) is 1.56. The number of fused-ring (bicyclic) bond motifs is 3. The topological polar surface area (TPSA) is 118 Å². The van der Waals surface area contributed by atoms with Crippen molar-refractivity contribution in [2.45, 2.75) is 90.4 Å². The highest BCUT2D eigenvalue weighted by molar-refractivity contribution is 5.91. The van der Waals surface area contributed by atoms with Crippen molar-refractivity contribution in [1.82, 2.24) is 25.8 Å². The molecule has 0 radical (unpaired) electrons. The standard InChI is InChI=1S/C28H44N6O3/c1-18(2)7-8-20-9-12-34-23(20)26(36)32-21(15-29)13-19-14-22(30-16-19)25(35)31-17-28(3,4)24(27(34)37)33-10-5-6-11-33/h7,19-24,30H,5-6,8-14,16-17H2,1-4H3,(H,31,35)(H,32,36)/t19-,20+,21?,22+,23+,24-/m1/s1. The van der Waals surface area contributed by atoms with E-state index in [0.29, 0.717) is 32.5 Å². The van der Waals surface area contributed by atoms with Crippen molar-refractivity contribution in [2.75, 3.05) is 32.7 Å². The highest BCUT2D eigenvalue weighted by Gasteiger charge is 2.49. The second-order valence-electron chi connectivity index (χ2n) is 12.4. The monoisotopic (exact) mass is 512 g/mol. The maximum atomic E-state index is 14.4. The summed E-state index contributed by atoms with van der Waals surface area (Å²) in [5.41, 5.74) is 0.663. The molecule has 9 nitrogen and oxygen atoms in total. The minimum atomic E-state index is -0.654. The molecule has 4 rings (SSSR count). The first kappa shape index (κ1) is 27.6. The number of amides is 3. The Morgan fingerprint density at radius 2 is 1.84 bits per heavy atom. The van der Waals surface area contributed by atoms with E-state index < -0.39 is 23.5 Å². The van der Waals surface area contributed by atoms with E-state index in [1.54, 1.807) is 4.90 Å². The van der Waals surface area contributed by atoms with Crippen molar-refractivity contribution in [3.05, 3.63) is 11.6 Å². The number of nitriles is 1. The summed E-state index contributed by atoms with van der Waals surface area (Å²) < 4.78 is 0. The molecule has 3 amide bonds. The summed E-state index contributed by atoms with van der Waals surface area (Å²) in [6.07, 6.45) is 6.82. The third-order valence-corrected chi connectivity index (χ3v) is 8.68. The van der Waals surface area contributed by atoms with Crippen LogP contribution in [0.2, 0.25) is 0 Å². The molecule has 6 atom stereocenters. The second-order valence-corrected chi connectivity index (χ2v) is 12.4. The van der Waals surface area contributed by atoms with Crippen molar-refractivity contribution in [3.8, 4) is 6.07 Å². The number of likely N-dealkylation sites (tertiary alicyclic amines) is 1. The summed E-state index contributed by atoms with van der Waals surface area (Å²) in [4.78, 5) is 45.2. The van der Waals surface area contributed by atoms with Crippen LogP contribution in [0.4, 0.5) is 0 Å². The number of carbonyl (C=O) groups excluding carboxylic acids is 3. The Balaban J connectivity index is 1.70. The number of rotatable bonds is 3. The van der Waals surface area contributed by atoms with Crippen LogP contribution < -0.4 is 16.0 Å². The number of nitrogens with one attached hydrogen (secondary N) is 3. The van der Waals surface area contributed by atoms with E-state index >= 15 is 0 Å². The smallest absolute Gasteiger partial charge is 0.244 e. The van der Waals surface area contributed by atoms with E-state index in [4.69, 9.17) is 0 Å². The lowest BCUT2D eigenvalue weighted by Gasteiger charge is -2.42. The van der Waals surface area contributed by atoms with Crippen molar-refractivity contribution >= 4 is 17.7 Å². The molecule has 0 aromatic heterocycles. The fourth-order valence-electron chi connectivity index (χ4n) is 6.69. The van der Waals surface area contributed by atoms with Gasteiger partial charge in [0, 0.05) is 18.5 Å². The SMILES string of the molecule is CC(C)=CC[C@H]1CCN2C(=O)[C@@H](N3CCCC3)C(C)(C)CNC(=O)[C@@H]3C[C@H](CN3)CC(C#N)NC(=O)[C@H]12. The lowest BCUT2D eigenvalue weighted by molar-refractivity contribution is -0.147. The van der Waals surface area contributed by atoms with Gasteiger partial charge in [0.1, 0.15) is 12.1 Å². The van der Waals surface area contributed by atoms with Crippen molar-refractivity contribution in [3.63, 3.8) is 0 Å². The van der Waals surface area contributed by atoms with Gasteiger partial charge in [0.2, 0.25) is 17.7 Å². The molecule has 1 unspecified atom stereocenters. The molecule has 0 aromatic carbocycles. The molecule has 0 spiro atoms. The quantitative estimate of drug-likeness (QED) is 0.494. The van der Waals surface area contributed by atoms with Gasteiger partial charge in [-0.3, -0.25) is 19.3 Å². The molecular weight excluding hydrogens is 468 g/mol. The first-order valence-corrected chi connectivity index (χ1v) is 14.0. The normalized spacial score (nSPS) is 35.1. The Labute approximate surface area is 221 Å². The average molecular weight is 513 g/mol. The molecule has 4 aliphatic rings. The first-order valence-electron chi connectivity index (χ1n) is 14.0. The highest BCUT2D eigenvalue weighted by atomic mass is 16.2. The molecule has 2 bridgehead atoms. The molecule has 0 saturated carbocycles. The van der Waals surface area contributed by atoms with Crippen LogP contribution in [0.25, 0.3) is 0 Å². The summed E-state index contributed by atoms with van der Waals surface area (Å²) in [7, 11) is 0. The van der Waals surface area contributed by atoms with Crippen LogP contribution in [0.3, 0.4) is 0 Å². The second kappa shape index (κ2) is 11.5. The summed E-state index contributed by atoms with van der Waals surface area (Å²) in [5.74, 6) is -0.193. The van der Waals surface area contributed by atoms with Crippen LogP contribution >= 0.6 is 0 Å². The molecule has 9 heteroatoms. The molecule has 4 saturated heterocycles. The molecule has 4 aliphatic heterocycles. The van der Waals surface area contributed by atoms with E-state index in [9.17, 15) is 19.6 Å². The molecule has 3 N–H and O–H groups in total. The molecule has 4 heterocycles. The lowest BCUT2D eigenvalue weighted by atomic mass is 9.81. The molecule has 37 heavy (non-hydrogen) atoms. The zero-order valence-electron chi connectivity index (χ0n) is 22.9. The van der Waals surface area contributed by atoms with Crippen LogP contribution in [0.15, 0.2) is 11.6 Å². The van der Waals surface area contributed by atoms with Gasteiger partial charge >= 0.3 is 0 Å². The Kier molecular flexibility index (Phi) is 8.59. The van der Waals surface area contributed by atoms with Gasteiger partial charge in [0.25, 0.3) is 0 Å². The fourth-order valence-corrected chi connectivity index (χ4v) is 6.69. The summed E-state index contributed by atoms with van der Waals surface area (Å²) in [5, 5.41) is 19.3. The third-order valence-electron chi connectivity index (χ3n) is 8.68. The number of carbonyl (C=O) groups is 3. The maximum Gasteiger partial charge on any atom is 0.244 e. The van der Waals surface area contributed by atoms with Crippen LogP contribution in [0.5, 0.6) is 0 Å².